The van der Waals surface area contributed by atoms with E-state index in [1.54, 1.807) is 6.07 Å². The second-order valence-corrected chi connectivity index (χ2v) is 5.96. The predicted octanol–water partition coefficient (Wildman–Crippen LogP) is 4.06. The highest BCUT2D eigenvalue weighted by atomic mass is 79.9. The Labute approximate surface area is 132 Å². The molecule has 112 valence electrons. The van der Waals surface area contributed by atoms with Crippen molar-refractivity contribution in [2.75, 3.05) is 0 Å². The molecule has 1 aliphatic rings. The molecule has 0 spiro atoms. The summed E-state index contributed by atoms with van der Waals surface area (Å²) in [6.45, 7) is 0. The zero-order valence-electron chi connectivity index (χ0n) is 10.9. The number of hydrogen-bond donors (Lipinski definition) is 2. The lowest BCUT2D eigenvalue weighted by atomic mass is 9.81. The lowest BCUT2D eigenvalue weighted by Gasteiger charge is -2.28. The molecule has 0 saturated heterocycles. The average Bonchev–Trinajstić information content (AvgIpc) is 2.41. The van der Waals surface area contributed by atoms with E-state index in [0.29, 0.717) is 10.0 Å². The van der Waals surface area contributed by atoms with Gasteiger partial charge < -0.3 is 10.8 Å². The predicted molar refractivity (Wildman–Crippen MR) is 83.2 cm³/mol. The van der Waals surface area contributed by atoms with Crippen molar-refractivity contribution < 1.29 is 10.0 Å². The minimum atomic E-state index is -0.586. The van der Waals surface area contributed by atoms with E-state index < -0.39 is 4.92 Å². The molecule has 0 amide bonds. The molecule has 3 N–H and O–H groups in total. The van der Waals surface area contributed by atoms with Gasteiger partial charge in [0.25, 0.3) is 0 Å². The second-order valence-electron chi connectivity index (χ2n) is 5.04. The summed E-state index contributed by atoms with van der Waals surface area (Å²) in [6, 6.07) is 2.63. The van der Waals surface area contributed by atoms with Crippen LogP contribution in [0.15, 0.2) is 16.6 Å². The van der Waals surface area contributed by atoms with Crippen molar-refractivity contribution in [3.05, 3.63) is 32.3 Å². The lowest BCUT2D eigenvalue weighted by molar-refractivity contribution is -0.386. The normalized spacial score (nSPS) is 17.3. The number of halogens is 2. The van der Waals surface area contributed by atoms with E-state index >= 15 is 0 Å². The van der Waals surface area contributed by atoms with Crippen molar-refractivity contribution in [1.82, 2.24) is 0 Å². The smallest absolute Gasteiger partial charge is 0.312 e. The van der Waals surface area contributed by atoms with E-state index in [2.05, 4.69) is 15.9 Å². The maximum atomic E-state index is 10.9. The zero-order chi connectivity index (χ0) is 14.0. The fourth-order valence-electron chi connectivity index (χ4n) is 2.75. The molecule has 20 heavy (non-hydrogen) atoms. The van der Waals surface area contributed by atoms with Gasteiger partial charge in [-0.15, -0.1) is 12.4 Å². The minimum absolute atomic E-state index is 0. The van der Waals surface area contributed by atoms with Crippen LogP contribution in [0.25, 0.3) is 0 Å². The summed E-state index contributed by atoms with van der Waals surface area (Å²) >= 11 is 3.24. The van der Waals surface area contributed by atoms with Crippen molar-refractivity contribution in [3.8, 4) is 5.75 Å². The summed E-state index contributed by atoms with van der Waals surface area (Å²) in [7, 11) is 0. The minimum Gasteiger partial charge on any atom is -0.502 e. The SMILES string of the molecule is Cl.N[C@@H](c1cc(Br)cc([N+](=O)[O-])c1O)C1CCCCC1. The monoisotopic (exact) mass is 364 g/mol. The first-order valence-electron chi connectivity index (χ1n) is 6.43. The number of nitro groups is 1. The van der Waals surface area contributed by atoms with Gasteiger partial charge in [0.1, 0.15) is 0 Å². The Kier molecular flexibility index (Phi) is 6.23. The van der Waals surface area contributed by atoms with Crippen LogP contribution in [0.1, 0.15) is 43.7 Å². The summed E-state index contributed by atoms with van der Waals surface area (Å²) in [6.07, 6.45) is 5.51. The van der Waals surface area contributed by atoms with Gasteiger partial charge in [0.05, 0.1) is 4.92 Å². The van der Waals surface area contributed by atoms with Crippen LogP contribution in [-0.2, 0) is 0 Å². The number of phenolic OH excluding ortho intramolecular Hbond substituents is 1. The number of nitrogens with two attached hydrogens (primary N) is 1. The third-order valence-electron chi connectivity index (χ3n) is 3.80. The van der Waals surface area contributed by atoms with Crippen LogP contribution >= 0.6 is 28.3 Å². The molecule has 0 aromatic heterocycles. The molecule has 1 saturated carbocycles. The van der Waals surface area contributed by atoms with Crippen LogP contribution in [-0.4, -0.2) is 10.0 Å². The van der Waals surface area contributed by atoms with Crippen LogP contribution < -0.4 is 5.73 Å². The molecule has 1 aliphatic carbocycles. The third kappa shape index (κ3) is 3.62. The Morgan fingerprint density at radius 2 is 1.95 bits per heavy atom. The summed E-state index contributed by atoms with van der Waals surface area (Å²) < 4.78 is 0.568. The molecule has 1 aromatic carbocycles. The van der Waals surface area contributed by atoms with Gasteiger partial charge in [0.2, 0.25) is 0 Å². The van der Waals surface area contributed by atoms with Crippen molar-refractivity contribution in [1.29, 1.82) is 0 Å². The van der Waals surface area contributed by atoms with Gasteiger partial charge in [-0.3, -0.25) is 10.1 Å². The number of aromatic hydroxyl groups is 1. The van der Waals surface area contributed by atoms with Crippen LogP contribution in [0.5, 0.6) is 5.75 Å². The fraction of sp³-hybridized carbons (Fsp3) is 0.538. The Balaban J connectivity index is 0.00000200. The number of nitro benzene ring substituents is 1. The highest BCUT2D eigenvalue weighted by Gasteiger charge is 2.28. The number of phenols is 1. The molecule has 0 bridgehead atoms. The van der Waals surface area contributed by atoms with E-state index in [9.17, 15) is 15.2 Å². The maximum absolute atomic E-state index is 10.9. The van der Waals surface area contributed by atoms with Gasteiger partial charge in [0.15, 0.2) is 5.75 Å². The Morgan fingerprint density at radius 1 is 1.35 bits per heavy atom. The standard InChI is InChI=1S/C13H17BrN2O3.ClH/c14-9-6-10(13(17)11(7-9)16(18)19)12(15)8-4-2-1-3-5-8;/h6-8,12,17H,1-5,15H2;1H/t12-;/m1./s1. The van der Waals surface area contributed by atoms with Gasteiger partial charge in [-0.1, -0.05) is 35.2 Å². The zero-order valence-corrected chi connectivity index (χ0v) is 13.3. The van der Waals surface area contributed by atoms with Gasteiger partial charge in [0, 0.05) is 22.1 Å². The average molecular weight is 366 g/mol. The molecule has 1 aromatic rings. The molecule has 0 radical (unpaired) electrons. The maximum Gasteiger partial charge on any atom is 0.312 e. The summed E-state index contributed by atoms with van der Waals surface area (Å²) in [4.78, 5) is 10.3. The Hall–Kier alpha value is -0.850. The molecule has 0 unspecified atom stereocenters. The molecule has 1 fully saturated rings. The van der Waals surface area contributed by atoms with E-state index in [1.165, 1.54) is 12.5 Å². The van der Waals surface area contributed by atoms with Crippen LogP contribution in [0, 0.1) is 16.0 Å². The molecule has 2 rings (SSSR count). The van der Waals surface area contributed by atoms with Crippen molar-refractivity contribution in [2.45, 2.75) is 38.1 Å². The molecule has 1 atom stereocenters. The van der Waals surface area contributed by atoms with Gasteiger partial charge >= 0.3 is 5.69 Å². The number of hydrogen-bond acceptors (Lipinski definition) is 4. The largest absolute Gasteiger partial charge is 0.502 e. The van der Waals surface area contributed by atoms with Gasteiger partial charge in [-0.25, -0.2) is 0 Å². The summed E-state index contributed by atoms with van der Waals surface area (Å²) in [5, 5.41) is 21.0. The highest BCUT2D eigenvalue weighted by Crippen LogP contribution is 2.41. The third-order valence-corrected chi connectivity index (χ3v) is 4.26. The highest BCUT2D eigenvalue weighted by molar-refractivity contribution is 9.10. The summed E-state index contributed by atoms with van der Waals surface area (Å²) in [5.74, 6) is -0.0140. The van der Waals surface area contributed by atoms with E-state index in [4.69, 9.17) is 5.73 Å². The van der Waals surface area contributed by atoms with E-state index in [0.717, 1.165) is 25.7 Å². The first-order chi connectivity index (χ1) is 9.00. The quantitative estimate of drug-likeness (QED) is 0.624. The molecule has 0 heterocycles. The number of nitrogens with zero attached hydrogens (tertiary/aromatic N) is 1. The second kappa shape index (κ2) is 7.24. The first-order valence-corrected chi connectivity index (χ1v) is 7.22. The number of benzene rings is 1. The number of rotatable bonds is 3. The lowest BCUT2D eigenvalue weighted by Crippen LogP contribution is -2.23. The molecule has 0 aliphatic heterocycles. The molecular weight excluding hydrogens is 348 g/mol. The van der Waals surface area contributed by atoms with Crippen molar-refractivity contribution >= 4 is 34.0 Å². The summed E-state index contributed by atoms with van der Waals surface area (Å²) in [5.41, 5.74) is 6.38. The fourth-order valence-corrected chi connectivity index (χ4v) is 3.21. The van der Waals surface area contributed by atoms with Crippen molar-refractivity contribution in [2.24, 2.45) is 11.7 Å². The van der Waals surface area contributed by atoms with Crippen LogP contribution in [0.3, 0.4) is 0 Å². The van der Waals surface area contributed by atoms with Gasteiger partial charge in [-0.2, -0.15) is 0 Å². The molecular formula is C13H18BrClN2O3. The first kappa shape index (κ1) is 17.2. The van der Waals surface area contributed by atoms with Crippen LogP contribution in [0.2, 0.25) is 0 Å². The van der Waals surface area contributed by atoms with Crippen molar-refractivity contribution in [3.63, 3.8) is 0 Å². The Bertz CT molecular complexity index is 493. The molecule has 7 heteroatoms. The van der Waals surface area contributed by atoms with E-state index in [1.807, 2.05) is 0 Å². The molecule has 5 nitrogen and oxygen atoms in total. The Morgan fingerprint density at radius 3 is 2.50 bits per heavy atom. The van der Waals surface area contributed by atoms with Gasteiger partial charge in [-0.05, 0) is 24.8 Å². The van der Waals surface area contributed by atoms with Crippen LogP contribution in [0.4, 0.5) is 5.69 Å². The topological polar surface area (TPSA) is 89.4 Å². The van der Waals surface area contributed by atoms with E-state index in [-0.39, 0.29) is 35.8 Å².